The summed E-state index contributed by atoms with van der Waals surface area (Å²) in [7, 11) is 1.62. The predicted molar refractivity (Wildman–Crippen MR) is 128 cm³/mol. The van der Waals surface area contributed by atoms with Gasteiger partial charge in [-0.25, -0.2) is 4.98 Å². The third kappa shape index (κ3) is 5.67. The highest BCUT2D eigenvalue weighted by molar-refractivity contribution is 7.99. The van der Waals surface area contributed by atoms with Gasteiger partial charge in [0.1, 0.15) is 0 Å². The molecule has 0 aliphatic carbocycles. The normalized spacial score (nSPS) is 11.1. The summed E-state index contributed by atoms with van der Waals surface area (Å²) in [6, 6.07) is 9.11. The number of aromatic nitrogens is 2. The number of anilines is 1. The molecule has 0 fully saturated rings. The molecule has 1 heterocycles. The van der Waals surface area contributed by atoms with Crippen molar-refractivity contribution in [1.29, 1.82) is 0 Å². The van der Waals surface area contributed by atoms with Crippen LogP contribution in [0.1, 0.15) is 23.1 Å². The number of carbonyl (C=O) groups is 1. The second kappa shape index (κ2) is 10.3. The first-order valence-electron chi connectivity index (χ1n) is 9.99. The summed E-state index contributed by atoms with van der Waals surface area (Å²) in [5, 5.41) is 4.49. The fourth-order valence-corrected chi connectivity index (χ4v) is 4.52. The number of benzene rings is 2. The molecule has 0 unspecified atom stereocenters. The Morgan fingerprint density at radius 3 is 2.58 bits per heavy atom. The Hall–Kier alpha value is -2.35. The smallest absolute Gasteiger partial charge is 0.262 e. The van der Waals surface area contributed by atoms with Crippen LogP contribution >= 0.6 is 23.4 Å². The van der Waals surface area contributed by atoms with E-state index in [0.717, 1.165) is 22.4 Å². The molecule has 0 saturated carbocycles. The van der Waals surface area contributed by atoms with E-state index >= 15 is 0 Å². The van der Waals surface area contributed by atoms with Crippen LogP contribution in [0.2, 0.25) is 5.02 Å². The van der Waals surface area contributed by atoms with Gasteiger partial charge in [-0.2, -0.15) is 0 Å². The van der Waals surface area contributed by atoms with Crippen molar-refractivity contribution in [1.82, 2.24) is 9.55 Å². The van der Waals surface area contributed by atoms with Crippen LogP contribution in [0.4, 0.5) is 5.69 Å². The van der Waals surface area contributed by atoms with Crippen LogP contribution in [0.5, 0.6) is 0 Å². The van der Waals surface area contributed by atoms with Gasteiger partial charge in [0.15, 0.2) is 5.16 Å². The lowest BCUT2D eigenvalue weighted by molar-refractivity contribution is -0.113. The van der Waals surface area contributed by atoms with Gasteiger partial charge in [-0.05, 0) is 56.5 Å². The molecule has 6 nitrogen and oxygen atoms in total. The summed E-state index contributed by atoms with van der Waals surface area (Å²) in [4.78, 5) is 30.3. The van der Waals surface area contributed by atoms with Gasteiger partial charge >= 0.3 is 0 Å². The number of methoxy groups -OCH3 is 1. The molecule has 1 N–H and O–H groups in total. The van der Waals surface area contributed by atoms with Crippen LogP contribution < -0.4 is 10.9 Å². The standard InChI is InChI=1S/C23H26ClN3O3S/c1-14-10-15(2)21(16(3)11-14)26-20(28)13-31-23-25-19-12-17(24)6-7-18(19)22(29)27(23)8-5-9-30-4/h6-7,10-12H,5,8-9,13H2,1-4H3,(H,26,28). The number of hydrogen-bond donors (Lipinski definition) is 1. The highest BCUT2D eigenvalue weighted by Crippen LogP contribution is 2.24. The Morgan fingerprint density at radius 2 is 1.90 bits per heavy atom. The molecule has 0 spiro atoms. The van der Waals surface area contributed by atoms with Crippen molar-refractivity contribution >= 4 is 45.9 Å². The number of fused-ring (bicyclic) bond motifs is 1. The van der Waals surface area contributed by atoms with E-state index in [9.17, 15) is 9.59 Å². The van der Waals surface area contributed by atoms with E-state index in [1.54, 1.807) is 29.9 Å². The molecule has 0 saturated heterocycles. The molecule has 3 rings (SSSR count). The second-order valence-electron chi connectivity index (χ2n) is 7.47. The van der Waals surface area contributed by atoms with Crippen molar-refractivity contribution in [2.45, 2.75) is 38.9 Å². The molecule has 3 aromatic rings. The van der Waals surface area contributed by atoms with E-state index in [2.05, 4.69) is 10.3 Å². The van der Waals surface area contributed by atoms with Gasteiger partial charge in [0.25, 0.3) is 5.56 Å². The van der Waals surface area contributed by atoms with Crippen LogP contribution in [-0.4, -0.2) is 34.9 Å². The van der Waals surface area contributed by atoms with Crippen LogP contribution in [0.15, 0.2) is 40.3 Å². The monoisotopic (exact) mass is 459 g/mol. The van der Waals surface area contributed by atoms with Gasteiger partial charge in [-0.1, -0.05) is 41.1 Å². The summed E-state index contributed by atoms with van der Waals surface area (Å²) < 4.78 is 6.72. The van der Waals surface area contributed by atoms with Crippen molar-refractivity contribution in [3.05, 3.63) is 62.4 Å². The Labute approximate surface area is 191 Å². The Balaban J connectivity index is 1.84. The van der Waals surface area contributed by atoms with Gasteiger partial charge in [0.2, 0.25) is 5.91 Å². The molecule has 8 heteroatoms. The summed E-state index contributed by atoms with van der Waals surface area (Å²) >= 11 is 7.33. The zero-order valence-electron chi connectivity index (χ0n) is 18.1. The average molecular weight is 460 g/mol. The van der Waals surface area contributed by atoms with Gasteiger partial charge < -0.3 is 10.1 Å². The lowest BCUT2D eigenvalue weighted by Crippen LogP contribution is -2.25. The minimum atomic E-state index is -0.149. The fourth-order valence-electron chi connectivity index (χ4n) is 3.53. The Morgan fingerprint density at radius 1 is 1.19 bits per heavy atom. The Bertz CT molecular complexity index is 1150. The number of ether oxygens (including phenoxy) is 1. The molecular formula is C23H26ClN3O3S. The van der Waals surface area contributed by atoms with Gasteiger partial charge in [0, 0.05) is 31.0 Å². The van der Waals surface area contributed by atoms with Crippen molar-refractivity contribution < 1.29 is 9.53 Å². The second-order valence-corrected chi connectivity index (χ2v) is 8.85. The molecular weight excluding hydrogens is 434 g/mol. The third-order valence-electron chi connectivity index (χ3n) is 4.89. The van der Waals surface area contributed by atoms with Crippen LogP contribution in [-0.2, 0) is 16.1 Å². The summed E-state index contributed by atoms with van der Waals surface area (Å²) in [6.45, 7) is 6.97. The molecule has 0 radical (unpaired) electrons. The fraction of sp³-hybridized carbons (Fsp3) is 0.348. The average Bonchev–Trinajstić information content (AvgIpc) is 2.70. The SMILES string of the molecule is COCCCn1c(SCC(=O)Nc2c(C)cc(C)cc2C)nc2cc(Cl)ccc2c1=O. The van der Waals surface area contributed by atoms with E-state index in [4.69, 9.17) is 16.3 Å². The van der Waals surface area contributed by atoms with Crippen molar-refractivity contribution in [3.63, 3.8) is 0 Å². The number of aryl methyl sites for hydroxylation is 3. The number of rotatable bonds is 8. The van der Waals surface area contributed by atoms with Crippen LogP contribution in [0.3, 0.4) is 0 Å². The number of carbonyl (C=O) groups excluding carboxylic acids is 1. The first kappa shape index (κ1) is 23.3. The van der Waals surface area contributed by atoms with Crippen LogP contribution in [0.25, 0.3) is 10.9 Å². The predicted octanol–water partition coefficient (Wildman–Crippen LogP) is 4.74. The maximum absolute atomic E-state index is 13.0. The number of hydrogen-bond acceptors (Lipinski definition) is 5. The number of thioether (sulfide) groups is 1. The number of nitrogens with one attached hydrogen (secondary N) is 1. The topological polar surface area (TPSA) is 73.2 Å². The highest BCUT2D eigenvalue weighted by Gasteiger charge is 2.15. The van der Waals surface area contributed by atoms with Crippen molar-refractivity contribution in [2.75, 3.05) is 24.8 Å². The number of halogens is 1. The molecule has 1 amide bonds. The maximum Gasteiger partial charge on any atom is 0.262 e. The minimum Gasteiger partial charge on any atom is -0.385 e. The van der Waals surface area contributed by atoms with Crippen LogP contribution in [0, 0.1) is 20.8 Å². The Kier molecular flexibility index (Phi) is 7.75. The lowest BCUT2D eigenvalue weighted by atomic mass is 10.1. The molecule has 31 heavy (non-hydrogen) atoms. The number of amides is 1. The zero-order valence-corrected chi connectivity index (χ0v) is 19.7. The third-order valence-corrected chi connectivity index (χ3v) is 6.10. The van der Waals surface area contributed by atoms with E-state index in [0.29, 0.717) is 40.7 Å². The molecule has 0 aliphatic heterocycles. The maximum atomic E-state index is 13.0. The first-order valence-corrected chi connectivity index (χ1v) is 11.4. The molecule has 1 aromatic heterocycles. The molecule has 164 valence electrons. The minimum absolute atomic E-state index is 0.134. The summed E-state index contributed by atoms with van der Waals surface area (Å²) in [5.41, 5.74) is 4.39. The van der Waals surface area contributed by atoms with E-state index < -0.39 is 0 Å². The zero-order chi connectivity index (χ0) is 22.5. The van der Waals surface area contributed by atoms with Crippen molar-refractivity contribution in [3.8, 4) is 0 Å². The quantitative estimate of drug-likeness (QED) is 0.299. The van der Waals surface area contributed by atoms with Gasteiger partial charge in [-0.3, -0.25) is 14.2 Å². The molecule has 0 atom stereocenters. The summed E-state index contributed by atoms with van der Waals surface area (Å²) in [5.74, 6) is -0.0147. The van der Waals surface area contributed by atoms with E-state index in [1.165, 1.54) is 11.8 Å². The molecule has 0 bridgehead atoms. The lowest BCUT2D eigenvalue weighted by Gasteiger charge is -2.15. The van der Waals surface area contributed by atoms with Gasteiger partial charge in [-0.15, -0.1) is 0 Å². The number of nitrogens with zero attached hydrogens (tertiary/aromatic N) is 2. The first-order chi connectivity index (χ1) is 14.8. The van der Waals surface area contributed by atoms with Gasteiger partial charge in [0.05, 0.1) is 16.7 Å². The molecule has 0 aliphatic rings. The van der Waals surface area contributed by atoms with E-state index in [1.807, 2.05) is 32.9 Å². The molecule has 2 aromatic carbocycles. The largest absolute Gasteiger partial charge is 0.385 e. The highest BCUT2D eigenvalue weighted by atomic mass is 35.5. The van der Waals surface area contributed by atoms with Crippen molar-refractivity contribution in [2.24, 2.45) is 0 Å². The van der Waals surface area contributed by atoms with E-state index in [-0.39, 0.29) is 17.2 Å². The summed E-state index contributed by atoms with van der Waals surface area (Å²) in [6.07, 6.45) is 0.665.